The van der Waals surface area contributed by atoms with Crippen LogP contribution in [0, 0.1) is 0 Å². The number of hydrogen-bond donors (Lipinski definition) is 2. The molecule has 1 aromatic rings. The minimum Gasteiger partial charge on any atom is -0.508 e. The molecule has 0 aromatic heterocycles. The highest BCUT2D eigenvalue weighted by molar-refractivity contribution is 9.10. The van der Waals surface area contributed by atoms with Crippen LogP contribution in [0.3, 0.4) is 0 Å². The van der Waals surface area contributed by atoms with E-state index in [0.717, 1.165) is 0 Å². The molecule has 14 heavy (non-hydrogen) atoms. The van der Waals surface area contributed by atoms with Crippen molar-refractivity contribution in [3.05, 3.63) is 28.2 Å². The van der Waals surface area contributed by atoms with Gasteiger partial charge in [0.2, 0.25) is 0 Å². The molecule has 0 bridgehead atoms. The van der Waals surface area contributed by atoms with E-state index in [9.17, 15) is 13.9 Å². The smallest absolute Gasteiger partial charge is 0.257 e. The van der Waals surface area contributed by atoms with E-state index in [1.54, 1.807) is 6.07 Å². The molecule has 2 nitrogen and oxygen atoms in total. The summed E-state index contributed by atoms with van der Waals surface area (Å²) >= 11 is 3.10. The predicted octanol–water partition coefficient (Wildman–Crippen LogP) is 2.84. The molecular weight excluding hydrogens is 279 g/mol. The topological polar surface area (TPSA) is 46.2 Å². The van der Waals surface area contributed by atoms with Gasteiger partial charge in [-0.1, -0.05) is 15.9 Å². The van der Waals surface area contributed by atoms with Crippen LogP contribution in [0.5, 0.6) is 5.75 Å². The first-order valence-corrected chi connectivity index (χ1v) is 4.34. The second-order valence-electron chi connectivity index (χ2n) is 2.56. The summed E-state index contributed by atoms with van der Waals surface area (Å²) in [4.78, 5) is 0. The summed E-state index contributed by atoms with van der Waals surface area (Å²) in [7, 11) is 0. The fraction of sp³-hybridized carbons (Fsp3) is 0.250. The van der Waals surface area contributed by atoms with Crippen molar-refractivity contribution in [1.82, 2.24) is 0 Å². The molecule has 0 saturated heterocycles. The lowest BCUT2D eigenvalue weighted by Gasteiger charge is -2.12. The Bertz CT molecular complexity index is 311. The fourth-order valence-corrected chi connectivity index (χ4v) is 1.31. The molecule has 3 N–H and O–H groups in total. The van der Waals surface area contributed by atoms with Crippen molar-refractivity contribution in [3.63, 3.8) is 0 Å². The average Bonchev–Trinajstić information content (AvgIpc) is 2.08. The van der Waals surface area contributed by atoms with E-state index in [0.29, 0.717) is 4.47 Å². The highest BCUT2D eigenvalue weighted by atomic mass is 79.9. The molecule has 0 aliphatic heterocycles. The quantitative estimate of drug-likeness (QED) is 0.879. The zero-order valence-electron chi connectivity index (χ0n) is 6.95. The van der Waals surface area contributed by atoms with Gasteiger partial charge in [0.25, 0.3) is 6.43 Å². The number of halogens is 4. The third-order valence-electron chi connectivity index (χ3n) is 1.62. The van der Waals surface area contributed by atoms with E-state index < -0.39 is 12.5 Å². The Labute approximate surface area is 94.6 Å². The molecule has 0 heterocycles. The SMILES string of the molecule is Cl.N[C@@H](c1cc(Br)ccc1O)C(F)F. The third kappa shape index (κ3) is 3.08. The van der Waals surface area contributed by atoms with Gasteiger partial charge in [-0.15, -0.1) is 12.4 Å². The van der Waals surface area contributed by atoms with Crippen molar-refractivity contribution in [3.8, 4) is 5.75 Å². The van der Waals surface area contributed by atoms with Crippen LogP contribution in [0.2, 0.25) is 0 Å². The Balaban J connectivity index is 0.00000169. The first kappa shape index (κ1) is 13.6. The highest BCUT2D eigenvalue weighted by Gasteiger charge is 2.20. The molecule has 0 radical (unpaired) electrons. The van der Waals surface area contributed by atoms with Gasteiger partial charge in [-0.2, -0.15) is 0 Å². The summed E-state index contributed by atoms with van der Waals surface area (Å²) in [6.07, 6.45) is -2.68. The van der Waals surface area contributed by atoms with E-state index in [4.69, 9.17) is 5.73 Å². The maximum Gasteiger partial charge on any atom is 0.257 e. The van der Waals surface area contributed by atoms with Gasteiger partial charge in [-0.05, 0) is 18.2 Å². The normalized spacial score (nSPS) is 12.4. The number of benzene rings is 1. The Morgan fingerprint density at radius 1 is 1.36 bits per heavy atom. The van der Waals surface area contributed by atoms with Crippen molar-refractivity contribution in [2.45, 2.75) is 12.5 Å². The maximum absolute atomic E-state index is 12.2. The van der Waals surface area contributed by atoms with Crippen LogP contribution in [0.1, 0.15) is 11.6 Å². The van der Waals surface area contributed by atoms with Gasteiger partial charge in [-0.3, -0.25) is 0 Å². The van der Waals surface area contributed by atoms with Crippen LogP contribution >= 0.6 is 28.3 Å². The molecule has 0 spiro atoms. The highest BCUT2D eigenvalue weighted by Crippen LogP contribution is 2.29. The monoisotopic (exact) mass is 287 g/mol. The van der Waals surface area contributed by atoms with Crippen molar-refractivity contribution < 1.29 is 13.9 Å². The minimum atomic E-state index is -2.68. The van der Waals surface area contributed by atoms with Crippen molar-refractivity contribution in [1.29, 1.82) is 0 Å². The molecule has 0 aliphatic rings. The molecule has 0 saturated carbocycles. The van der Waals surface area contributed by atoms with Gasteiger partial charge in [0.1, 0.15) is 5.75 Å². The lowest BCUT2D eigenvalue weighted by Crippen LogP contribution is -2.18. The number of rotatable bonds is 2. The van der Waals surface area contributed by atoms with Gasteiger partial charge >= 0.3 is 0 Å². The van der Waals surface area contributed by atoms with Gasteiger partial charge < -0.3 is 10.8 Å². The van der Waals surface area contributed by atoms with Crippen LogP contribution in [0.4, 0.5) is 8.78 Å². The predicted molar refractivity (Wildman–Crippen MR) is 56.0 cm³/mol. The molecule has 0 amide bonds. The maximum atomic E-state index is 12.2. The number of alkyl halides is 2. The van der Waals surface area contributed by atoms with Crippen LogP contribution in [0.25, 0.3) is 0 Å². The van der Waals surface area contributed by atoms with E-state index in [1.165, 1.54) is 12.1 Å². The molecular formula is C8H9BrClF2NO. The second kappa shape index (κ2) is 5.48. The number of phenols is 1. The lowest BCUT2D eigenvalue weighted by molar-refractivity contribution is 0.115. The zero-order chi connectivity index (χ0) is 10.0. The van der Waals surface area contributed by atoms with E-state index in [1.807, 2.05) is 0 Å². The minimum absolute atomic E-state index is 0. The Hall–Kier alpha value is -0.390. The zero-order valence-corrected chi connectivity index (χ0v) is 9.36. The Morgan fingerprint density at radius 3 is 2.43 bits per heavy atom. The van der Waals surface area contributed by atoms with E-state index in [-0.39, 0.29) is 23.7 Å². The molecule has 6 heteroatoms. The standard InChI is InChI=1S/C8H8BrF2NO.ClH/c9-4-1-2-6(13)5(3-4)7(12)8(10)11;/h1-3,7-8,13H,12H2;1H/t7-;/m0./s1. The van der Waals surface area contributed by atoms with Crippen LogP contribution < -0.4 is 5.73 Å². The van der Waals surface area contributed by atoms with Crippen molar-refractivity contribution in [2.24, 2.45) is 5.73 Å². The van der Waals surface area contributed by atoms with Crippen LogP contribution in [0.15, 0.2) is 22.7 Å². The molecule has 0 unspecified atom stereocenters. The van der Waals surface area contributed by atoms with E-state index >= 15 is 0 Å². The second-order valence-corrected chi connectivity index (χ2v) is 3.48. The molecule has 1 aromatic carbocycles. The van der Waals surface area contributed by atoms with Gasteiger partial charge in [0.15, 0.2) is 0 Å². The Kier molecular flexibility index (Phi) is 5.33. The first-order valence-electron chi connectivity index (χ1n) is 3.54. The lowest BCUT2D eigenvalue weighted by atomic mass is 10.1. The van der Waals surface area contributed by atoms with Gasteiger partial charge in [0.05, 0.1) is 6.04 Å². The fourth-order valence-electron chi connectivity index (χ4n) is 0.928. The average molecular weight is 289 g/mol. The molecule has 1 atom stereocenters. The summed E-state index contributed by atoms with van der Waals surface area (Å²) in [6.45, 7) is 0. The number of aromatic hydroxyl groups is 1. The third-order valence-corrected chi connectivity index (χ3v) is 2.11. The summed E-state index contributed by atoms with van der Waals surface area (Å²) < 4.78 is 25.0. The molecule has 1 rings (SSSR count). The molecule has 80 valence electrons. The van der Waals surface area contributed by atoms with Gasteiger partial charge in [-0.25, -0.2) is 8.78 Å². The van der Waals surface area contributed by atoms with Crippen LogP contribution in [-0.4, -0.2) is 11.5 Å². The molecule has 0 fully saturated rings. The first-order chi connectivity index (χ1) is 6.02. The summed E-state index contributed by atoms with van der Waals surface area (Å²) in [5, 5.41) is 9.22. The number of hydrogen-bond acceptors (Lipinski definition) is 2. The number of nitrogens with two attached hydrogens (primary N) is 1. The summed E-state index contributed by atoms with van der Waals surface area (Å²) in [5.74, 6) is -0.212. The summed E-state index contributed by atoms with van der Waals surface area (Å²) in [6, 6.07) is 2.81. The van der Waals surface area contributed by atoms with E-state index in [2.05, 4.69) is 15.9 Å². The molecule has 0 aliphatic carbocycles. The largest absolute Gasteiger partial charge is 0.508 e. The summed E-state index contributed by atoms with van der Waals surface area (Å²) in [5.41, 5.74) is 5.22. The Morgan fingerprint density at radius 2 is 1.93 bits per heavy atom. The van der Waals surface area contributed by atoms with Crippen molar-refractivity contribution >= 4 is 28.3 Å². The van der Waals surface area contributed by atoms with Crippen LogP contribution in [-0.2, 0) is 0 Å². The van der Waals surface area contributed by atoms with Crippen molar-refractivity contribution in [2.75, 3.05) is 0 Å². The van der Waals surface area contributed by atoms with Gasteiger partial charge in [0, 0.05) is 10.0 Å². The number of phenolic OH excluding ortho intramolecular Hbond substituents is 1.